The van der Waals surface area contributed by atoms with E-state index < -0.39 is 5.41 Å². The lowest BCUT2D eigenvalue weighted by atomic mass is 9.73. The molecule has 1 unspecified atom stereocenters. The number of hydrogen-bond acceptors (Lipinski definition) is 5. The van der Waals surface area contributed by atoms with Gasteiger partial charge in [-0.2, -0.15) is 0 Å². The van der Waals surface area contributed by atoms with Crippen LogP contribution in [0.5, 0.6) is 0 Å². The van der Waals surface area contributed by atoms with Crippen molar-refractivity contribution in [2.24, 2.45) is 12.5 Å². The highest BCUT2D eigenvalue weighted by Gasteiger charge is 2.49. The maximum atomic E-state index is 13.2. The molecule has 3 heterocycles. The van der Waals surface area contributed by atoms with E-state index in [1.165, 1.54) is 0 Å². The summed E-state index contributed by atoms with van der Waals surface area (Å²) in [6, 6.07) is 7.80. The maximum Gasteiger partial charge on any atom is 0.290 e. The molecule has 0 spiro atoms. The Kier molecular flexibility index (Phi) is 8.06. The minimum absolute atomic E-state index is 0.119. The van der Waals surface area contributed by atoms with Crippen LogP contribution in [0.3, 0.4) is 0 Å². The summed E-state index contributed by atoms with van der Waals surface area (Å²) in [5, 5.41) is 10.8. The van der Waals surface area contributed by atoms with Crippen LogP contribution in [0.4, 0.5) is 0 Å². The van der Waals surface area contributed by atoms with Gasteiger partial charge in [0.05, 0.1) is 18.1 Å². The van der Waals surface area contributed by atoms with E-state index in [-0.39, 0.29) is 18.5 Å². The molecule has 2 aromatic rings. The van der Waals surface area contributed by atoms with Crippen molar-refractivity contribution in [2.75, 3.05) is 26.2 Å². The second kappa shape index (κ2) is 10.7. The van der Waals surface area contributed by atoms with Gasteiger partial charge < -0.3 is 19.7 Å². The summed E-state index contributed by atoms with van der Waals surface area (Å²) in [4.78, 5) is 28.2. The number of rotatable bonds is 7. The summed E-state index contributed by atoms with van der Waals surface area (Å²) in [7, 11) is 2.00. The van der Waals surface area contributed by atoms with E-state index in [2.05, 4.69) is 15.2 Å². The van der Waals surface area contributed by atoms with Crippen LogP contribution in [0.15, 0.2) is 36.7 Å². The number of nitrogens with zero attached hydrogens (tertiary/aromatic N) is 3. The third-order valence-electron chi connectivity index (χ3n) is 5.79. The van der Waals surface area contributed by atoms with Gasteiger partial charge in [0.2, 0.25) is 5.91 Å². The SMILES string of the molecule is Cn1ccnc1CN1CC(Cc2ccc(Cl)cc2)(C(=O)NCC2CCCO2)C1.O=CO. The maximum absolute atomic E-state index is 13.2. The van der Waals surface area contributed by atoms with Crippen LogP contribution >= 0.6 is 11.6 Å². The molecule has 1 amide bonds. The van der Waals surface area contributed by atoms with Crippen LogP contribution in [-0.4, -0.2) is 64.3 Å². The summed E-state index contributed by atoms with van der Waals surface area (Å²) >= 11 is 6.02. The van der Waals surface area contributed by atoms with Crippen LogP contribution < -0.4 is 5.32 Å². The highest BCUT2D eigenvalue weighted by Crippen LogP contribution is 2.36. The molecule has 1 atom stereocenters. The predicted molar refractivity (Wildman–Crippen MR) is 117 cm³/mol. The van der Waals surface area contributed by atoms with Gasteiger partial charge >= 0.3 is 0 Å². The fourth-order valence-corrected chi connectivity index (χ4v) is 4.32. The molecule has 8 nitrogen and oxygen atoms in total. The molecule has 31 heavy (non-hydrogen) atoms. The molecular formula is C22H29ClN4O4. The standard InChI is InChI=1S/C21H27ClN4O2.CH2O2/c1-25-9-8-23-19(25)13-26-14-21(15-26,11-16-4-6-17(22)7-5-16)20(27)24-12-18-3-2-10-28-18;2-1-3/h4-9,18H,2-3,10-15H2,1H3,(H,24,27);1H,(H,2,3). The molecule has 0 bridgehead atoms. The van der Waals surface area contributed by atoms with Gasteiger partial charge in [0.25, 0.3) is 6.47 Å². The second-order valence-electron chi connectivity index (χ2n) is 8.13. The van der Waals surface area contributed by atoms with Gasteiger partial charge in [-0.25, -0.2) is 4.98 Å². The number of carbonyl (C=O) groups is 2. The normalized spacial score (nSPS) is 19.7. The van der Waals surface area contributed by atoms with Gasteiger partial charge in [-0.1, -0.05) is 23.7 Å². The average Bonchev–Trinajstić information content (AvgIpc) is 3.38. The molecule has 0 saturated carbocycles. The monoisotopic (exact) mass is 448 g/mol. The van der Waals surface area contributed by atoms with Crippen LogP contribution in [0.1, 0.15) is 24.2 Å². The van der Waals surface area contributed by atoms with Crippen molar-refractivity contribution in [2.45, 2.75) is 31.9 Å². The molecule has 168 valence electrons. The first kappa shape index (κ1) is 23.2. The largest absolute Gasteiger partial charge is 0.483 e. The Morgan fingerprint density at radius 3 is 2.68 bits per heavy atom. The second-order valence-corrected chi connectivity index (χ2v) is 8.57. The molecule has 2 aliphatic heterocycles. The van der Waals surface area contributed by atoms with E-state index in [0.29, 0.717) is 18.0 Å². The molecule has 2 fully saturated rings. The number of amides is 1. The van der Waals surface area contributed by atoms with Crippen molar-refractivity contribution >= 4 is 24.0 Å². The zero-order valence-corrected chi connectivity index (χ0v) is 18.4. The Morgan fingerprint density at radius 1 is 1.39 bits per heavy atom. The summed E-state index contributed by atoms with van der Waals surface area (Å²) < 4.78 is 7.68. The quantitative estimate of drug-likeness (QED) is 0.630. The molecule has 1 aromatic heterocycles. The van der Waals surface area contributed by atoms with E-state index in [1.807, 2.05) is 48.3 Å². The third-order valence-corrected chi connectivity index (χ3v) is 6.04. The number of halogens is 1. The molecule has 2 saturated heterocycles. The Morgan fingerprint density at radius 2 is 2.10 bits per heavy atom. The molecule has 2 aliphatic rings. The average molecular weight is 449 g/mol. The van der Waals surface area contributed by atoms with Gasteiger partial charge in [0.1, 0.15) is 5.82 Å². The van der Waals surface area contributed by atoms with Crippen molar-refractivity contribution in [3.8, 4) is 0 Å². The zero-order chi connectivity index (χ0) is 22.3. The zero-order valence-electron chi connectivity index (χ0n) is 17.7. The Labute approximate surface area is 187 Å². The number of nitrogens with one attached hydrogen (secondary N) is 1. The fourth-order valence-electron chi connectivity index (χ4n) is 4.20. The highest BCUT2D eigenvalue weighted by atomic mass is 35.5. The molecule has 0 aliphatic carbocycles. The first-order valence-corrected chi connectivity index (χ1v) is 10.7. The number of benzene rings is 1. The van der Waals surface area contributed by atoms with Crippen molar-refractivity contribution in [1.29, 1.82) is 0 Å². The van der Waals surface area contributed by atoms with Gasteiger partial charge in [-0.3, -0.25) is 14.5 Å². The van der Waals surface area contributed by atoms with E-state index in [1.54, 1.807) is 0 Å². The predicted octanol–water partition coefficient (Wildman–Crippen LogP) is 2.11. The smallest absolute Gasteiger partial charge is 0.290 e. The first-order valence-electron chi connectivity index (χ1n) is 10.4. The summed E-state index contributed by atoms with van der Waals surface area (Å²) in [6.45, 7) is 3.35. The molecule has 1 aromatic carbocycles. The van der Waals surface area contributed by atoms with Gasteiger partial charge in [-0.05, 0) is 37.0 Å². The van der Waals surface area contributed by atoms with E-state index in [0.717, 1.165) is 50.5 Å². The van der Waals surface area contributed by atoms with Crippen LogP contribution in [-0.2, 0) is 34.3 Å². The molecule has 9 heteroatoms. The van der Waals surface area contributed by atoms with Crippen LogP contribution in [0.2, 0.25) is 5.02 Å². The lowest BCUT2D eigenvalue weighted by molar-refractivity contribution is -0.143. The van der Waals surface area contributed by atoms with Gasteiger partial charge in [0.15, 0.2) is 0 Å². The first-order chi connectivity index (χ1) is 15.0. The summed E-state index contributed by atoms with van der Waals surface area (Å²) in [5.41, 5.74) is 0.714. The number of likely N-dealkylation sites (tertiary alicyclic amines) is 1. The van der Waals surface area contributed by atoms with E-state index >= 15 is 0 Å². The summed E-state index contributed by atoms with van der Waals surface area (Å²) in [6.07, 6.45) is 6.72. The molecule has 4 rings (SSSR count). The molecule has 0 radical (unpaired) electrons. The van der Waals surface area contributed by atoms with Crippen LogP contribution in [0.25, 0.3) is 0 Å². The van der Waals surface area contributed by atoms with Crippen molar-refractivity contribution < 1.29 is 19.4 Å². The number of imidazole rings is 1. The van der Waals surface area contributed by atoms with Crippen molar-refractivity contribution in [3.63, 3.8) is 0 Å². The Balaban J connectivity index is 0.000000858. The van der Waals surface area contributed by atoms with Crippen molar-refractivity contribution in [3.05, 3.63) is 53.1 Å². The number of hydrogen-bond donors (Lipinski definition) is 2. The Hall–Kier alpha value is -2.42. The highest BCUT2D eigenvalue weighted by molar-refractivity contribution is 6.30. The minimum atomic E-state index is -0.419. The van der Waals surface area contributed by atoms with E-state index in [4.69, 9.17) is 26.2 Å². The number of carbonyl (C=O) groups excluding carboxylic acids is 1. The number of carboxylic acid groups (broad SMARTS) is 1. The van der Waals surface area contributed by atoms with Crippen LogP contribution in [0, 0.1) is 5.41 Å². The summed E-state index contributed by atoms with van der Waals surface area (Å²) in [5.74, 6) is 1.13. The lowest BCUT2D eigenvalue weighted by Gasteiger charge is -2.49. The topological polar surface area (TPSA) is 96.7 Å². The number of ether oxygens (including phenoxy) is 1. The molecular weight excluding hydrogens is 420 g/mol. The number of aromatic nitrogens is 2. The Bertz CT molecular complexity index is 859. The lowest BCUT2D eigenvalue weighted by Crippen LogP contribution is -2.64. The van der Waals surface area contributed by atoms with Crippen molar-refractivity contribution in [1.82, 2.24) is 19.8 Å². The van der Waals surface area contributed by atoms with E-state index in [9.17, 15) is 4.79 Å². The van der Waals surface area contributed by atoms with Gasteiger partial charge in [-0.15, -0.1) is 0 Å². The minimum Gasteiger partial charge on any atom is -0.483 e. The van der Waals surface area contributed by atoms with Gasteiger partial charge in [0, 0.05) is 50.7 Å². The third kappa shape index (κ3) is 6.06. The fraction of sp³-hybridized carbons (Fsp3) is 0.500. The number of aryl methyl sites for hydroxylation is 1. The molecule has 2 N–H and O–H groups in total.